The molecular formula is C11H17FN4O2. The normalized spacial score (nSPS) is 40.8. The van der Waals surface area contributed by atoms with E-state index in [4.69, 9.17) is 10.5 Å². The number of cyclic esters (lactones) is 1. The zero-order valence-corrected chi connectivity index (χ0v) is 10.0. The van der Waals surface area contributed by atoms with Crippen LogP contribution in [-0.4, -0.2) is 79.2 Å². The summed E-state index contributed by atoms with van der Waals surface area (Å²) in [5.74, 6) is 0. The van der Waals surface area contributed by atoms with Crippen LogP contribution in [0.25, 0.3) is 0 Å². The summed E-state index contributed by atoms with van der Waals surface area (Å²) in [6.07, 6.45) is 0.337. The van der Waals surface area contributed by atoms with E-state index in [2.05, 4.69) is 4.99 Å². The molecule has 4 atom stereocenters. The lowest BCUT2D eigenvalue weighted by atomic mass is 9.98. The Labute approximate surface area is 105 Å². The summed E-state index contributed by atoms with van der Waals surface area (Å²) in [6, 6.07) is -0.678. The van der Waals surface area contributed by atoms with E-state index in [1.165, 1.54) is 0 Å². The molecule has 0 saturated carbocycles. The molecule has 100 valence electrons. The van der Waals surface area contributed by atoms with Crippen LogP contribution >= 0.6 is 0 Å². The first-order valence-electron chi connectivity index (χ1n) is 6.24. The molecule has 0 aromatic heterocycles. The standard InChI is InChI=1S/C11H17FN4O2/c12-8-3-14-4-9(13)10(8)15-1-2-16-7(5-15)6-18-11(16)17/h4,7-10H,1-3,5-6,13H2/t7-,8?,9?,10?/m1/s1. The Morgan fingerprint density at radius 1 is 1.50 bits per heavy atom. The predicted molar refractivity (Wildman–Crippen MR) is 63.4 cm³/mol. The van der Waals surface area contributed by atoms with Crippen molar-refractivity contribution >= 4 is 12.3 Å². The maximum absolute atomic E-state index is 14.0. The number of nitrogens with two attached hydrogens (primary N) is 1. The first-order valence-corrected chi connectivity index (χ1v) is 6.24. The largest absolute Gasteiger partial charge is 0.447 e. The van der Waals surface area contributed by atoms with Gasteiger partial charge in [-0.25, -0.2) is 9.18 Å². The fourth-order valence-electron chi connectivity index (χ4n) is 2.98. The molecule has 0 bridgehead atoms. The van der Waals surface area contributed by atoms with Gasteiger partial charge in [0.2, 0.25) is 0 Å². The molecule has 1 amide bonds. The Kier molecular flexibility index (Phi) is 2.95. The average molecular weight is 256 g/mol. The van der Waals surface area contributed by atoms with Crippen LogP contribution in [0.5, 0.6) is 0 Å². The summed E-state index contributed by atoms with van der Waals surface area (Å²) >= 11 is 0. The number of aliphatic imine (C=N–C) groups is 1. The van der Waals surface area contributed by atoms with Gasteiger partial charge in [-0.3, -0.25) is 14.8 Å². The number of amides is 1. The van der Waals surface area contributed by atoms with Gasteiger partial charge in [-0.05, 0) is 0 Å². The number of nitrogens with zero attached hydrogens (tertiary/aromatic N) is 3. The van der Waals surface area contributed by atoms with E-state index in [-0.39, 0.29) is 30.8 Å². The van der Waals surface area contributed by atoms with Gasteiger partial charge in [-0.2, -0.15) is 0 Å². The number of rotatable bonds is 1. The van der Waals surface area contributed by atoms with Gasteiger partial charge in [0, 0.05) is 25.8 Å². The highest BCUT2D eigenvalue weighted by Gasteiger charge is 2.42. The third-order valence-corrected chi connectivity index (χ3v) is 3.89. The fraction of sp³-hybridized carbons (Fsp3) is 0.818. The van der Waals surface area contributed by atoms with Gasteiger partial charge in [0.1, 0.15) is 12.8 Å². The molecule has 0 aliphatic carbocycles. The van der Waals surface area contributed by atoms with Gasteiger partial charge in [0.15, 0.2) is 0 Å². The van der Waals surface area contributed by atoms with E-state index < -0.39 is 6.17 Å². The molecule has 0 aromatic rings. The van der Waals surface area contributed by atoms with E-state index in [1.54, 1.807) is 11.1 Å². The molecule has 7 heteroatoms. The van der Waals surface area contributed by atoms with Crippen molar-refractivity contribution in [1.82, 2.24) is 9.80 Å². The highest BCUT2D eigenvalue weighted by Crippen LogP contribution is 2.23. The molecule has 3 aliphatic heterocycles. The van der Waals surface area contributed by atoms with Crippen molar-refractivity contribution in [3.05, 3.63) is 0 Å². The third-order valence-electron chi connectivity index (χ3n) is 3.89. The summed E-state index contributed by atoms with van der Waals surface area (Å²) < 4.78 is 19.0. The number of fused-ring (bicyclic) bond motifs is 1. The van der Waals surface area contributed by atoms with E-state index >= 15 is 0 Å². The molecule has 3 unspecified atom stereocenters. The number of hydrogen-bond acceptors (Lipinski definition) is 5. The van der Waals surface area contributed by atoms with Gasteiger partial charge in [0.25, 0.3) is 0 Å². The van der Waals surface area contributed by atoms with E-state index in [1.807, 2.05) is 4.90 Å². The van der Waals surface area contributed by atoms with Crippen LogP contribution in [0.4, 0.5) is 9.18 Å². The molecule has 6 nitrogen and oxygen atoms in total. The number of piperazine rings is 1. The zero-order chi connectivity index (χ0) is 12.7. The molecular weight excluding hydrogens is 239 g/mol. The molecule has 0 spiro atoms. The Morgan fingerprint density at radius 3 is 3.11 bits per heavy atom. The molecule has 0 aromatic carbocycles. The smallest absolute Gasteiger partial charge is 0.410 e. The summed E-state index contributed by atoms with van der Waals surface area (Å²) in [4.78, 5) is 19.1. The lowest BCUT2D eigenvalue weighted by molar-refractivity contribution is 0.0468. The molecule has 3 heterocycles. The maximum Gasteiger partial charge on any atom is 0.410 e. The number of carbonyl (C=O) groups excluding carboxylic acids is 1. The Balaban J connectivity index is 1.71. The predicted octanol–water partition coefficient (Wildman–Crippen LogP) is -0.759. The molecule has 18 heavy (non-hydrogen) atoms. The van der Waals surface area contributed by atoms with Crippen molar-refractivity contribution in [1.29, 1.82) is 0 Å². The number of hydrogen-bond donors (Lipinski definition) is 1. The Morgan fingerprint density at radius 2 is 2.33 bits per heavy atom. The van der Waals surface area contributed by atoms with E-state index in [0.717, 1.165) is 0 Å². The molecule has 3 rings (SSSR count). The lowest BCUT2D eigenvalue weighted by Crippen LogP contribution is -2.63. The number of carbonyl (C=O) groups is 1. The van der Waals surface area contributed by atoms with Crippen molar-refractivity contribution in [2.45, 2.75) is 24.3 Å². The van der Waals surface area contributed by atoms with Crippen LogP contribution in [0, 0.1) is 0 Å². The number of halogens is 1. The first-order chi connectivity index (χ1) is 8.66. The van der Waals surface area contributed by atoms with Gasteiger partial charge in [-0.1, -0.05) is 0 Å². The van der Waals surface area contributed by atoms with Crippen molar-refractivity contribution in [3.63, 3.8) is 0 Å². The van der Waals surface area contributed by atoms with Crippen LogP contribution in [0.1, 0.15) is 0 Å². The second kappa shape index (κ2) is 4.47. The summed E-state index contributed by atoms with van der Waals surface area (Å²) in [7, 11) is 0. The highest BCUT2D eigenvalue weighted by molar-refractivity contribution is 5.70. The van der Waals surface area contributed by atoms with Crippen LogP contribution in [0.3, 0.4) is 0 Å². The van der Waals surface area contributed by atoms with E-state index in [0.29, 0.717) is 26.2 Å². The van der Waals surface area contributed by atoms with Crippen molar-refractivity contribution in [2.24, 2.45) is 10.7 Å². The second-order valence-corrected chi connectivity index (χ2v) is 5.02. The van der Waals surface area contributed by atoms with Crippen LogP contribution in [-0.2, 0) is 4.74 Å². The molecule has 0 radical (unpaired) electrons. The molecule has 2 fully saturated rings. The Bertz CT molecular complexity index is 378. The SMILES string of the molecule is NC1C=NCC(F)C1N1CCN2C(=O)OC[C@H]2C1. The number of ether oxygens (including phenoxy) is 1. The van der Waals surface area contributed by atoms with Gasteiger partial charge in [-0.15, -0.1) is 0 Å². The summed E-state index contributed by atoms with van der Waals surface area (Å²) in [5.41, 5.74) is 5.92. The van der Waals surface area contributed by atoms with Crippen molar-refractivity contribution in [2.75, 3.05) is 32.8 Å². The molecule has 3 aliphatic rings. The zero-order valence-electron chi connectivity index (χ0n) is 10.0. The lowest BCUT2D eigenvalue weighted by Gasteiger charge is -2.43. The van der Waals surface area contributed by atoms with Crippen molar-refractivity contribution < 1.29 is 13.9 Å². The quantitative estimate of drug-likeness (QED) is 0.669. The van der Waals surface area contributed by atoms with Gasteiger partial charge in [0.05, 0.1) is 24.7 Å². The maximum atomic E-state index is 14.0. The minimum Gasteiger partial charge on any atom is -0.447 e. The van der Waals surface area contributed by atoms with E-state index in [9.17, 15) is 9.18 Å². The minimum atomic E-state index is -1.03. The van der Waals surface area contributed by atoms with Crippen molar-refractivity contribution in [3.8, 4) is 0 Å². The monoisotopic (exact) mass is 256 g/mol. The summed E-state index contributed by atoms with van der Waals surface area (Å²) in [6.45, 7) is 2.41. The summed E-state index contributed by atoms with van der Waals surface area (Å²) in [5, 5.41) is 0. The second-order valence-electron chi connectivity index (χ2n) is 5.02. The topological polar surface area (TPSA) is 71.2 Å². The Hall–Kier alpha value is -1.21. The molecule has 2 N–H and O–H groups in total. The van der Waals surface area contributed by atoms with Crippen LogP contribution in [0.2, 0.25) is 0 Å². The minimum absolute atomic E-state index is 0.0320. The van der Waals surface area contributed by atoms with Crippen LogP contribution in [0.15, 0.2) is 4.99 Å². The average Bonchev–Trinajstić information content (AvgIpc) is 2.71. The first kappa shape index (κ1) is 11.9. The van der Waals surface area contributed by atoms with Gasteiger partial charge >= 0.3 is 6.09 Å². The third kappa shape index (κ3) is 1.87. The number of alkyl halides is 1. The van der Waals surface area contributed by atoms with Crippen LogP contribution < -0.4 is 5.73 Å². The van der Waals surface area contributed by atoms with Gasteiger partial charge < -0.3 is 10.5 Å². The molecule has 2 saturated heterocycles. The highest BCUT2D eigenvalue weighted by atomic mass is 19.1. The fourth-order valence-corrected chi connectivity index (χ4v) is 2.98.